The third-order valence-corrected chi connectivity index (χ3v) is 6.20. The van der Waals surface area contributed by atoms with Gasteiger partial charge in [-0.25, -0.2) is 8.42 Å². The van der Waals surface area contributed by atoms with Gasteiger partial charge in [-0.3, -0.25) is 4.79 Å². The fourth-order valence-corrected chi connectivity index (χ4v) is 4.10. The quantitative estimate of drug-likeness (QED) is 0.908. The molecule has 0 bridgehead atoms. The van der Waals surface area contributed by atoms with Crippen molar-refractivity contribution >= 4 is 15.7 Å². The molecule has 0 saturated heterocycles. The minimum atomic E-state index is -3.25. The van der Waals surface area contributed by atoms with Crippen molar-refractivity contribution in [1.82, 2.24) is 5.32 Å². The molecule has 5 heteroatoms. The lowest BCUT2D eigenvalue weighted by atomic mass is 10.1. The van der Waals surface area contributed by atoms with Crippen molar-refractivity contribution < 1.29 is 13.2 Å². The molecule has 0 saturated carbocycles. The molecule has 0 aliphatic heterocycles. The smallest absolute Gasteiger partial charge is 0.224 e. The Morgan fingerprint density at radius 2 is 1.96 bits per heavy atom. The molecule has 1 N–H and O–H groups in total. The maximum absolute atomic E-state index is 12.3. The molecule has 1 aliphatic rings. The Bertz CT molecular complexity index is 858. The van der Waals surface area contributed by atoms with E-state index in [4.69, 9.17) is 0 Å². The molecule has 0 spiro atoms. The number of carbonyl (C=O) groups is 1. The van der Waals surface area contributed by atoms with Crippen LogP contribution < -0.4 is 5.32 Å². The zero-order chi connectivity index (χ0) is 17.2. The van der Waals surface area contributed by atoms with Crippen molar-refractivity contribution in [3.63, 3.8) is 0 Å². The summed E-state index contributed by atoms with van der Waals surface area (Å²) in [6, 6.07) is 14.9. The van der Waals surface area contributed by atoms with E-state index >= 15 is 0 Å². The number of hydrogen-bond donors (Lipinski definition) is 1. The molecule has 2 aromatic rings. The highest BCUT2D eigenvalue weighted by molar-refractivity contribution is 7.91. The van der Waals surface area contributed by atoms with Gasteiger partial charge in [-0.05, 0) is 41.7 Å². The van der Waals surface area contributed by atoms with Gasteiger partial charge in [0, 0.05) is 0 Å². The van der Waals surface area contributed by atoms with E-state index in [0.717, 1.165) is 12.8 Å². The summed E-state index contributed by atoms with van der Waals surface area (Å²) in [5.41, 5.74) is 3.19. The van der Waals surface area contributed by atoms with Crippen LogP contribution >= 0.6 is 0 Å². The van der Waals surface area contributed by atoms with Gasteiger partial charge in [-0.2, -0.15) is 0 Å². The SMILES string of the molecule is CCS(=O)(=O)c1cccc(CC(=O)N[C@@H]2CCc3ccccc32)c1. The second-order valence-corrected chi connectivity index (χ2v) is 8.36. The van der Waals surface area contributed by atoms with Crippen LogP contribution in [-0.2, 0) is 27.5 Å². The van der Waals surface area contributed by atoms with Crippen LogP contribution in [0.15, 0.2) is 53.4 Å². The van der Waals surface area contributed by atoms with E-state index in [1.807, 2.05) is 12.1 Å². The topological polar surface area (TPSA) is 63.2 Å². The fraction of sp³-hybridized carbons (Fsp3) is 0.316. The van der Waals surface area contributed by atoms with Crippen molar-refractivity contribution in [2.45, 2.75) is 37.1 Å². The predicted octanol–water partition coefficient (Wildman–Crippen LogP) is 2.83. The first kappa shape index (κ1) is 16.7. The Morgan fingerprint density at radius 3 is 2.75 bits per heavy atom. The number of sulfone groups is 1. The van der Waals surface area contributed by atoms with Crippen LogP contribution in [0.4, 0.5) is 0 Å². The van der Waals surface area contributed by atoms with E-state index in [0.29, 0.717) is 5.56 Å². The third-order valence-electron chi connectivity index (χ3n) is 4.47. The number of rotatable bonds is 5. The van der Waals surface area contributed by atoms with Gasteiger partial charge in [0.2, 0.25) is 5.91 Å². The highest BCUT2D eigenvalue weighted by atomic mass is 32.2. The van der Waals surface area contributed by atoms with Crippen LogP contribution in [0, 0.1) is 0 Å². The number of fused-ring (bicyclic) bond motifs is 1. The standard InChI is InChI=1S/C19H21NO3S/c1-2-24(22,23)16-8-5-6-14(12-16)13-19(21)20-18-11-10-15-7-3-4-9-17(15)18/h3-9,12,18H,2,10-11,13H2,1H3,(H,20,21)/t18-/m1/s1. The van der Waals surface area contributed by atoms with Crippen LogP contribution in [0.1, 0.15) is 36.1 Å². The first-order chi connectivity index (χ1) is 11.5. The maximum atomic E-state index is 12.3. The summed E-state index contributed by atoms with van der Waals surface area (Å²) in [6.07, 6.45) is 2.08. The molecular weight excluding hydrogens is 322 g/mol. The molecule has 1 aliphatic carbocycles. The number of nitrogens with one attached hydrogen (secondary N) is 1. The Labute approximate surface area is 142 Å². The Morgan fingerprint density at radius 1 is 1.17 bits per heavy atom. The van der Waals surface area contributed by atoms with Crippen molar-refractivity contribution in [2.75, 3.05) is 5.75 Å². The molecule has 0 heterocycles. The van der Waals surface area contributed by atoms with Crippen LogP contribution in [0.3, 0.4) is 0 Å². The summed E-state index contributed by atoms with van der Waals surface area (Å²) in [4.78, 5) is 12.6. The summed E-state index contributed by atoms with van der Waals surface area (Å²) in [5.74, 6) is -0.0237. The average molecular weight is 343 g/mol. The minimum Gasteiger partial charge on any atom is -0.349 e. The second-order valence-electron chi connectivity index (χ2n) is 6.09. The first-order valence-corrected chi connectivity index (χ1v) is 9.83. The van der Waals surface area contributed by atoms with Gasteiger partial charge >= 0.3 is 0 Å². The third kappa shape index (κ3) is 3.51. The Hall–Kier alpha value is -2.14. The van der Waals surface area contributed by atoms with E-state index in [1.165, 1.54) is 11.1 Å². The molecule has 3 rings (SSSR count). The van der Waals surface area contributed by atoms with Gasteiger partial charge < -0.3 is 5.32 Å². The zero-order valence-electron chi connectivity index (χ0n) is 13.7. The summed E-state index contributed by atoms with van der Waals surface area (Å²) in [6.45, 7) is 1.62. The second kappa shape index (κ2) is 6.77. The van der Waals surface area contributed by atoms with Gasteiger partial charge in [0.1, 0.15) is 0 Å². The molecule has 4 nitrogen and oxygen atoms in total. The number of amides is 1. The van der Waals surface area contributed by atoms with Crippen molar-refractivity contribution in [3.05, 3.63) is 65.2 Å². The van der Waals surface area contributed by atoms with Crippen molar-refractivity contribution in [1.29, 1.82) is 0 Å². The number of carbonyl (C=O) groups excluding carboxylic acids is 1. The molecule has 0 unspecified atom stereocenters. The highest BCUT2D eigenvalue weighted by Gasteiger charge is 2.23. The summed E-state index contributed by atoms with van der Waals surface area (Å²) in [7, 11) is -3.25. The number of hydrogen-bond acceptors (Lipinski definition) is 3. The number of benzene rings is 2. The van der Waals surface area contributed by atoms with Crippen LogP contribution in [0.2, 0.25) is 0 Å². The van der Waals surface area contributed by atoms with Crippen LogP contribution in [0.5, 0.6) is 0 Å². The molecule has 0 aromatic heterocycles. The number of aryl methyl sites for hydroxylation is 1. The molecule has 0 radical (unpaired) electrons. The summed E-state index contributed by atoms with van der Waals surface area (Å²) < 4.78 is 23.9. The molecule has 126 valence electrons. The highest BCUT2D eigenvalue weighted by Crippen LogP contribution is 2.30. The first-order valence-electron chi connectivity index (χ1n) is 8.18. The molecular formula is C19H21NO3S. The van der Waals surface area contributed by atoms with Gasteiger partial charge in [0.05, 0.1) is 23.1 Å². The lowest BCUT2D eigenvalue weighted by molar-refractivity contribution is -0.121. The lowest BCUT2D eigenvalue weighted by Crippen LogP contribution is -2.28. The van der Waals surface area contributed by atoms with Crippen molar-refractivity contribution in [3.8, 4) is 0 Å². The normalized spacial score (nSPS) is 16.6. The Kier molecular flexibility index (Phi) is 4.71. The largest absolute Gasteiger partial charge is 0.349 e. The monoisotopic (exact) mass is 343 g/mol. The van der Waals surface area contributed by atoms with Gasteiger partial charge in [0.15, 0.2) is 9.84 Å². The van der Waals surface area contributed by atoms with E-state index in [-0.39, 0.29) is 29.0 Å². The lowest BCUT2D eigenvalue weighted by Gasteiger charge is -2.14. The van der Waals surface area contributed by atoms with E-state index in [9.17, 15) is 13.2 Å². The van der Waals surface area contributed by atoms with Crippen LogP contribution in [-0.4, -0.2) is 20.1 Å². The van der Waals surface area contributed by atoms with Crippen LogP contribution in [0.25, 0.3) is 0 Å². The molecule has 2 aromatic carbocycles. The molecule has 24 heavy (non-hydrogen) atoms. The van der Waals surface area contributed by atoms with E-state index in [2.05, 4.69) is 17.4 Å². The minimum absolute atomic E-state index is 0.0521. The fourth-order valence-electron chi connectivity index (χ4n) is 3.15. The zero-order valence-corrected chi connectivity index (χ0v) is 14.5. The van der Waals surface area contributed by atoms with Crippen molar-refractivity contribution in [2.24, 2.45) is 0 Å². The van der Waals surface area contributed by atoms with E-state index < -0.39 is 9.84 Å². The molecule has 1 atom stereocenters. The molecule has 1 amide bonds. The predicted molar refractivity (Wildman–Crippen MR) is 93.5 cm³/mol. The average Bonchev–Trinajstić information content (AvgIpc) is 2.98. The van der Waals surface area contributed by atoms with Gasteiger partial charge in [-0.1, -0.05) is 43.3 Å². The van der Waals surface area contributed by atoms with E-state index in [1.54, 1.807) is 31.2 Å². The Balaban J connectivity index is 1.69. The van der Waals surface area contributed by atoms with Gasteiger partial charge in [-0.15, -0.1) is 0 Å². The maximum Gasteiger partial charge on any atom is 0.224 e. The molecule has 0 fully saturated rings. The summed E-state index contributed by atoms with van der Waals surface area (Å²) in [5, 5.41) is 3.07. The summed E-state index contributed by atoms with van der Waals surface area (Å²) >= 11 is 0. The van der Waals surface area contributed by atoms with Gasteiger partial charge in [0.25, 0.3) is 0 Å².